The van der Waals surface area contributed by atoms with Crippen molar-refractivity contribution < 1.29 is 10.2 Å². The van der Waals surface area contributed by atoms with Crippen molar-refractivity contribution >= 4 is 0 Å². The summed E-state index contributed by atoms with van der Waals surface area (Å²) in [5.74, 6) is 0.139. The van der Waals surface area contributed by atoms with Crippen molar-refractivity contribution in [1.82, 2.24) is 5.32 Å². The molecule has 1 aromatic carbocycles. The number of aliphatic hydroxyl groups is 1. The van der Waals surface area contributed by atoms with E-state index in [0.29, 0.717) is 12.1 Å². The van der Waals surface area contributed by atoms with Crippen molar-refractivity contribution in [2.45, 2.75) is 6.10 Å². The van der Waals surface area contributed by atoms with E-state index in [2.05, 4.69) is 5.32 Å². The van der Waals surface area contributed by atoms with Crippen LogP contribution in [0.15, 0.2) is 24.3 Å². The summed E-state index contributed by atoms with van der Waals surface area (Å²) in [6.07, 6.45) is -0.642. The van der Waals surface area contributed by atoms with E-state index >= 15 is 0 Å². The first-order chi connectivity index (χ1) is 5.75. The van der Waals surface area contributed by atoms with Crippen LogP contribution in [0.2, 0.25) is 0 Å². The number of hydrogen-bond acceptors (Lipinski definition) is 3. The Morgan fingerprint density at radius 3 is 2.67 bits per heavy atom. The second-order valence-electron chi connectivity index (χ2n) is 2.63. The molecule has 3 nitrogen and oxygen atoms in total. The van der Waals surface area contributed by atoms with E-state index in [9.17, 15) is 10.2 Å². The van der Waals surface area contributed by atoms with Gasteiger partial charge in [0.1, 0.15) is 5.75 Å². The molecule has 66 valence electrons. The van der Waals surface area contributed by atoms with E-state index in [4.69, 9.17) is 0 Å². The fraction of sp³-hybridized carbons (Fsp3) is 0.333. The number of phenolic OH excluding ortho intramolecular Hbond substituents is 1. The van der Waals surface area contributed by atoms with Gasteiger partial charge in [0.15, 0.2) is 0 Å². The van der Waals surface area contributed by atoms with Crippen LogP contribution in [0.3, 0.4) is 0 Å². The van der Waals surface area contributed by atoms with Gasteiger partial charge in [-0.05, 0) is 13.1 Å². The molecule has 3 N–H and O–H groups in total. The molecule has 0 aliphatic carbocycles. The number of likely N-dealkylation sites (N-methyl/N-ethyl adjacent to an activating group) is 1. The van der Waals surface area contributed by atoms with E-state index in [1.165, 1.54) is 0 Å². The summed E-state index contributed by atoms with van der Waals surface area (Å²) in [5.41, 5.74) is 0.562. The third-order valence-corrected chi connectivity index (χ3v) is 1.69. The molecule has 12 heavy (non-hydrogen) atoms. The van der Waals surface area contributed by atoms with Crippen LogP contribution in [-0.2, 0) is 0 Å². The van der Waals surface area contributed by atoms with E-state index < -0.39 is 6.10 Å². The molecular weight excluding hydrogens is 154 g/mol. The molecule has 0 amide bonds. The summed E-state index contributed by atoms with van der Waals surface area (Å²) >= 11 is 0. The molecule has 1 atom stereocenters. The predicted octanol–water partition coefficient (Wildman–Crippen LogP) is 0.645. The number of benzene rings is 1. The smallest absolute Gasteiger partial charge is 0.121 e. The van der Waals surface area contributed by atoms with Crippen molar-refractivity contribution in [2.24, 2.45) is 0 Å². The molecule has 0 aliphatic heterocycles. The molecule has 0 fully saturated rings. The van der Waals surface area contributed by atoms with Crippen LogP contribution < -0.4 is 5.32 Å². The fourth-order valence-electron chi connectivity index (χ4n) is 1.07. The first kappa shape index (κ1) is 9.03. The van der Waals surface area contributed by atoms with Gasteiger partial charge in [-0.1, -0.05) is 18.2 Å². The quantitative estimate of drug-likeness (QED) is 0.619. The highest BCUT2D eigenvalue weighted by Crippen LogP contribution is 2.22. The molecule has 1 rings (SSSR count). The minimum Gasteiger partial charge on any atom is -0.508 e. The van der Waals surface area contributed by atoms with E-state index in [0.717, 1.165) is 0 Å². The largest absolute Gasteiger partial charge is 0.508 e. The van der Waals surface area contributed by atoms with Crippen molar-refractivity contribution in [1.29, 1.82) is 0 Å². The van der Waals surface area contributed by atoms with Gasteiger partial charge in [0, 0.05) is 12.1 Å². The zero-order valence-electron chi connectivity index (χ0n) is 6.99. The minimum atomic E-state index is -0.642. The highest BCUT2D eigenvalue weighted by atomic mass is 16.3. The van der Waals surface area contributed by atoms with Gasteiger partial charge in [-0.3, -0.25) is 0 Å². The highest BCUT2D eigenvalue weighted by molar-refractivity contribution is 5.33. The number of nitrogens with one attached hydrogen (secondary N) is 1. The second-order valence-corrected chi connectivity index (χ2v) is 2.63. The van der Waals surface area contributed by atoms with E-state index in [1.54, 1.807) is 31.3 Å². The first-order valence-corrected chi connectivity index (χ1v) is 3.86. The van der Waals surface area contributed by atoms with Gasteiger partial charge in [0.25, 0.3) is 0 Å². The molecule has 0 unspecified atom stereocenters. The van der Waals surface area contributed by atoms with Gasteiger partial charge < -0.3 is 15.5 Å². The first-order valence-electron chi connectivity index (χ1n) is 3.86. The number of para-hydroxylation sites is 1. The normalized spacial score (nSPS) is 12.8. The summed E-state index contributed by atoms with van der Waals surface area (Å²) in [5, 5.41) is 21.6. The molecule has 0 aromatic heterocycles. The lowest BCUT2D eigenvalue weighted by Gasteiger charge is -2.11. The van der Waals surface area contributed by atoms with Gasteiger partial charge in [-0.15, -0.1) is 0 Å². The minimum absolute atomic E-state index is 0.139. The third kappa shape index (κ3) is 1.96. The number of hydrogen-bond donors (Lipinski definition) is 3. The number of aliphatic hydroxyl groups excluding tert-OH is 1. The van der Waals surface area contributed by atoms with Gasteiger partial charge in [0.2, 0.25) is 0 Å². The maximum absolute atomic E-state index is 9.48. The zero-order valence-corrected chi connectivity index (χ0v) is 6.99. The number of aromatic hydroxyl groups is 1. The van der Waals surface area contributed by atoms with Crippen molar-refractivity contribution in [3.63, 3.8) is 0 Å². The maximum atomic E-state index is 9.48. The lowest BCUT2D eigenvalue weighted by Crippen LogP contribution is -2.16. The number of phenols is 1. The molecule has 0 bridgehead atoms. The van der Waals surface area contributed by atoms with Gasteiger partial charge >= 0.3 is 0 Å². The Morgan fingerprint density at radius 1 is 1.42 bits per heavy atom. The molecule has 0 saturated carbocycles. The Morgan fingerprint density at radius 2 is 2.08 bits per heavy atom. The van der Waals surface area contributed by atoms with Crippen molar-refractivity contribution in [3.05, 3.63) is 29.8 Å². The molecule has 0 radical (unpaired) electrons. The Hall–Kier alpha value is -1.06. The summed E-state index contributed by atoms with van der Waals surface area (Å²) in [6.45, 7) is 0.442. The van der Waals surface area contributed by atoms with Crippen LogP contribution in [0.1, 0.15) is 11.7 Å². The van der Waals surface area contributed by atoms with Gasteiger partial charge in [-0.2, -0.15) is 0 Å². The van der Waals surface area contributed by atoms with Crippen LogP contribution >= 0.6 is 0 Å². The van der Waals surface area contributed by atoms with Crippen LogP contribution in [0, 0.1) is 0 Å². The standard InChI is InChI=1S/C9H13NO2/c1-10-6-9(12)7-4-2-3-5-8(7)11/h2-5,9-12H,6H2,1H3/t9-/m0/s1. The molecule has 0 aliphatic rings. The average molecular weight is 167 g/mol. The molecule has 3 heteroatoms. The van der Waals surface area contributed by atoms with Gasteiger partial charge in [-0.25, -0.2) is 0 Å². The Bertz CT molecular complexity index is 250. The molecule has 0 saturated heterocycles. The fourth-order valence-corrected chi connectivity index (χ4v) is 1.07. The lowest BCUT2D eigenvalue weighted by atomic mass is 10.1. The van der Waals surface area contributed by atoms with Crippen LogP contribution in [0.25, 0.3) is 0 Å². The highest BCUT2D eigenvalue weighted by Gasteiger charge is 2.09. The maximum Gasteiger partial charge on any atom is 0.121 e. The molecule has 0 spiro atoms. The monoisotopic (exact) mass is 167 g/mol. The van der Waals surface area contributed by atoms with Crippen LogP contribution in [0.5, 0.6) is 5.75 Å². The Balaban J connectivity index is 2.79. The predicted molar refractivity (Wildman–Crippen MR) is 47.0 cm³/mol. The Kier molecular flexibility index (Phi) is 3.08. The Labute approximate surface area is 71.7 Å². The van der Waals surface area contributed by atoms with Crippen molar-refractivity contribution in [3.8, 4) is 5.75 Å². The van der Waals surface area contributed by atoms with Crippen LogP contribution in [0.4, 0.5) is 0 Å². The van der Waals surface area contributed by atoms with E-state index in [-0.39, 0.29) is 5.75 Å². The molecule has 1 aromatic rings. The number of rotatable bonds is 3. The average Bonchev–Trinajstić information content (AvgIpc) is 2.05. The van der Waals surface area contributed by atoms with E-state index in [1.807, 2.05) is 0 Å². The van der Waals surface area contributed by atoms with Gasteiger partial charge in [0.05, 0.1) is 6.10 Å². The summed E-state index contributed by atoms with van der Waals surface area (Å²) in [6, 6.07) is 6.78. The zero-order chi connectivity index (χ0) is 8.97. The summed E-state index contributed by atoms with van der Waals surface area (Å²) in [4.78, 5) is 0. The van der Waals surface area contributed by atoms with Crippen LogP contribution in [-0.4, -0.2) is 23.8 Å². The molecule has 0 heterocycles. The topological polar surface area (TPSA) is 52.5 Å². The molecular formula is C9H13NO2. The van der Waals surface area contributed by atoms with Crippen molar-refractivity contribution in [2.75, 3.05) is 13.6 Å². The summed E-state index contributed by atoms with van der Waals surface area (Å²) in [7, 11) is 1.75. The summed E-state index contributed by atoms with van der Waals surface area (Å²) < 4.78 is 0. The SMILES string of the molecule is CNC[C@H](O)c1ccccc1O. The third-order valence-electron chi connectivity index (χ3n) is 1.69. The lowest BCUT2D eigenvalue weighted by molar-refractivity contribution is 0.174. The second kappa shape index (κ2) is 4.09.